The van der Waals surface area contributed by atoms with Crippen LogP contribution in [0.25, 0.3) is 17.0 Å². The minimum absolute atomic E-state index is 0.0443. The lowest BCUT2D eigenvalue weighted by Gasteiger charge is -2.14. The van der Waals surface area contributed by atoms with Crippen LogP contribution in [0.15, 0.2) is 59.6 Å². The van der Waals surface area contributed by atoms with Crippen molar-refractivity contribution in [2.75, 3.05) is 13.1 Å². The highest BCUT2D eigenvalue weighted by Gasteiger charge is 2.31. The molecule has 164 valence electrons. The Morgan fingerprint density at radius 2 is 1.97 bits per heavy atom. The van der Waals surface area contributed by atoms with Crippen LogP contribution < -0.4 is 5.32 Å². The van der Waals surface area contributed by atoms with Gasteiger partial charge in [-0.15, -0.1) is 0 Å². The van der Waals surface area contributed by atoms with E-state index in [1.807, 2.05) is 24.4 Å². The Hall–Kier alpha value is -2.97. The molecule has 2 aromatic carbocycles. The molecular formula is C24H22FN3O2S2. The van der Waals surface area contributed by atoms with Crippen LogP contribution >= 0.6 is 24.0 Å². The number of fused-ring (bicyclic) bond motifs is 1. The van der Waals surface area contributed by atoms with Crippen molar-refractivity contribution < 1.29 is 14.0 Å². The summed E-state index contributed by atoms with van der Waals surface area (Å²) in [5, 5.41) is 4.11. The van der Waals surface area contributed by atoms with Gasteiger partial charge in [0.15, 0.2) is 0 Å². The number of H-pyrrole nitrogens is 1. The molecule has 0 bridgehead atoms. The fourth-order valence-corrected chi connectivity index (χ4v) is 4.87. The number of hydrogen-bond acceptors (Lipinski definition) is 4. The molecule has 0 unspecified atom stereocenters. The number of rotatable bonds is 8. The summed E-state index contributed by atoms with van der Waals surface area (Å²) in [6, 6.07) is 14.0. The highest BCUT2D eigenvalue weighted by molar-refractivity contribution is 8.26. The van der Waals surface area contributed by atoms with Crippen LogP contribution in [0.5, 0.6) is 0 Å². The van der Waals surface area contributed by atoms with Gasteiger partial charge in [-0.3, -0.25) is 14.5 Å². The van der Waals surface area contributed by atoms with Gasteiger partial charge in [-0.2, -0.15) is 0 Å². The van der Waals surface area contributed by atoms with Gasteiger partial charge < -0.3 is 10.3 Å². The maximum atomic E-state index is 13.1. The number of carbonyl (C=O) groups excluding carboxylic acids is 2. The van der Waals surface area contributed by atoms with E-state index < -0.39 is 0 Å². The molecule has 5 nitrogen and oxygen atoms in total. The predicted molar refractivity (Wildman–Crippen MR) is 131 cm³/mol. The van der Waals surface area contributed by atoms with Crippen LogP contribution in [0.2, 0.25) is 0 Å². The molecule has 0 saturated carbocycles. The third-order valence-corrected chi connectivity index (χ3v) is 6.60. The van der Waals surface area contributed by atoms with E-state index in [4.69, 9.17) is 12.2 Å². The SMILES string of the molecule is O=C(CCCN1C(=O)/C(=C/c2ccc(F)cc2)SC1=S)NCCc1c[nH]c2ccccc12. The van der Waals surface area contributed by atoms with Gasteiger partial charge in [0.2, 0.25) is 5.91 Å². The lowest BCUT2D eigenvalue weighted by Crippen LogP contribution is -2.31. The van der Waals surface area contributed by atoms with Crippen molar-refractivity contribution in [3.8, 4) is 0 Å². The van der Waals surface area contributed by atoms with Crippen molar-refractivity contribution in [2.24, 2.45) is 0 Å². The van der Waals surface area contributed by atoms with Crippen LogP contribution in [0.3, 0.4) is 0 Å². The van der Waals surface area contributed by atoms with Crippen molar-refractivity contribution in [3.63, 3.8) is 0 Å². The van der Waals surface area contributed by atoms with E-state index in [-0.39, 0.29) is 17.6 Å². The Kier molecular flexibility index (Phi) is 7.02. The maximum Gasteiger partial charge on any atom is 0.266 e. The quantitative estimate of drug-likeness (QED) is 0.374. The Morgan fingerprint density at radius 3 is 2.78 bits per heavy atom. The van der Waals surface area contributed by atoms with E-state index in [1.165, 1.54) is 39.7 Å². The number of benzene rings is 2. The first-order valence-corrected chi connectivity index (χ1v) is 11.6. The summed E-state index contributed by atoms with van der Waals surface area (Å²) in [5.74, 6) is -0.546. The zero-order valence-electron chi connectivity index (χ0n) is 17.3. The van der Waals surface area contributed by atoms with E-state index in [0.717, 1.165) is 17.5 Å². The van der Waals surface area contributed by atoms with E-state index in [9.17, 15) is 14.0 Å². The fourth-order valence-electron chi connectivity index (χ4n) is 3.56. The summed E-state index contributed by atoms with van der Waals surface area (Å²) in [5.41, 5.74) is 3.00. The molecule has 3 aromatic rings. The van der Waals surface area contributed by atoms with Gasteiger partial charge in [0.25, 0.3) is 5.91 Å². The molecule has 0 spiro atoms. The predicted octanol–water partition coefficient (Wildman–Crippen LogP) is 4.65. The molecule has 1 aliphatic heterocycles. The Balaban J connectivity index is 1.22. The number of aromatic nitrogens is 1. The first-order valence-electron chi connectivity index (χ1n) is 10.3. The van der Waals surface area contributed by atoms with E-state index in [2.05, 4.69) is 16.4 Å². The molecule has 2 heterocycles. The Labute approximate surface area is 195 Å². The fraction of sp³-hybridized carbons (Fsp3) is 0.208. The highest BCUT2D eigenvalue weighted by Crippen LogP contribution is 2.32. The van der Waals surface area contributed by atoms with Crippen molar-refractivity contribution in [1.29, 1.82) is 0 Å². The molecule has 4 rings (SSSR count). The van der Waals surface area contributed by atoms with Crippen molar-refractivity contribution in [1.82, 2.24) is 15.2 Å². The largest absolute Gasteiger partial charge is 0.361 e. The Morgan fingerprint density at radius 1 is 1.19 bits per heavy atom. The van der Waals surface area contributed by atoms with Crippen LogP contribution in [0.1, 0.15) is 24.0 Å². The summed E-state index contributed by atoms with van der Waals surface area (Å²) in [4.78, 5) is 30.1. The van der Waals surface area contributed by atoms with Crippen LogP contribution in [0, 0.1) is 5.82 Å². The summed E-state index contributed by atoms with van der Waals surface area (Å²) >= 11 is 6.55. The molecule has 32 heavy (non-hydrogen) atoms. The monoisotopic (exact) mass is 467 g/mol. The normalized spacial score (nSPS) is 15.2. The summed E-state index contributed by atoms with van der Waals surface area (Å²) in [6.45, 7) is 0.948. The highest BCUT2D eigenvalue weighted by atomic mass is 32.2. The molecule has 0 aliphatic carbocycles. The number of thioether (sulfide) groups is 1. The van der Waals surface area contributed by atoms with Gasteiger partial charge in [0, 0.05) is 36.6 Å². The summed E-state index contributed by atoms with van der Waals surface area (Å²) in [6.07, 6.45) is 5.28. The van der Waals surface area contributed by atoms with E-state index >= 15 is 0 Å². The zero-order valence-corrected chi connectivity index (χ0v) is 18.9. The Bertz CT molecular complexity index is 1190. The van der Waals surface area contributed by atoms with Crippen molar-refractivity contribution in [2.45, 2.75) is 19.3 Å². The topological polar surface area (TPSA) is 65.2 Å². The molecule has 0 atom stereocenters. The molecule has 2 amide bonds. The number of amides is 2. The van der Waals surface area contributed by atoms with E-state index in [1.54, 1.807) is 18.2 Å². The number of halogens is 1. The number of thiocarbonyl (C=S) groups is 1. The molecule has 1 aliphatic rings. The average Bonchev–Trinajstić information content (AvgIpc) is 3.31. The smallest absolute Gasteiger partial charge is 0.266 e. The van der Waals surface area contributed by atoms with Gasteiger partial charge in [0.05, 0.1) is 4.91 Å². The number of para-hydroxylation sites is 1. The molecule has 8 heteroatoms. The third kappa shape index (κ3) is 5.26. The lowest BCUT2D eigenvalue weighted by atomic mass is 10.1. The number of carbonyl (C=O) groups is 2. The van der Waals surface area contributed by atoms with Crippen molar-refractivity contribution >= 4 is 57.1 Å². The summed E-state index contributed by atoms with van der Waals surface area (Å²) < 4.78 is 13.5. The zero-order chi connectivity index (χ0) is 22.5. The lowest BCUT2D eigenvalue weighted by molar-refractivity contribution is -0.123. The minimum Gasteiger partial charge on any atom is -0.361 e. The maximum absolute atomic E-state index is 13.1. The van der Waals surface area contributed by atoms with Crippen LogP contribution in [-0.4, -0.2) is 39.1 Å². The second kappa shape index (κ2) is 10.1. The number of nitrogens with zero attached hydrogens (tertiary/aromatic N) is 1. The van der Waals surface area contributed by atoms with Gasteiger partial charge >= 0.3 is 0 Å². The molecule has 2 N–H and O–H groups in total. The van der Waals surface area contributed by atoms with Crippen molar-refractivity contribution in [3.05, 3.63) is 76.6 Å². The second-order valence-corrected chi connectivity index (χ2v) is 9.12. The summed E-state index contributed by atoms with van der Waals surface area (Å²) in [7, 11) is 0. The number of aromatic amines is 1. The molecule has 0 radical (unpaired) electrons. The van der Waals surface area contributed by atoms with E-state index in [0.29, 0.717) is 35.2 Å². The molecule has 1 fully saturated rings. The first kappa shape index (κ1) is 22.2. The van der Waals surface area contributed by atoms with Gasteiger partial charge in [-0.05, 0) is 48.2 Å². The van der Waals surface area contributed by atoms with Crippen LogP contribution in [-0.2, 0) is 16.0 Å². The average molecular weight is 468 g/mol. The number of nitrogens with one attached hydrogen (secondary N) is 2. The first-order chi connectivity index (χ1) is 15.5. The molecule has 1 saturated heterocycles. The van der Waals surface area contributed by atoms with Gasteiger partial charge in [-0.1, -0.05) is 54.3 Å². The standard InChI is InChI=1S/C24H22FN3O2S2/c25-18-9-7-16(8-10-18)14-21-23(30)28(24(31)32-21)13-3-6-22(29)26-12-11-17-15-27-20-5-2-1-4-19(17)20/h1-2,4-5,7-10,14-15,27H,3,6,11-13H2,(H,26,29)/b21-14-. The molecular weight excluding hydrogens is 445 g/mol. The number of hydrogen-bond donors (Lipinski definition) is 2. The van der Waals surface area contributed by atoms with Crippen LogP contribution in [0.4, 0.5) is 4.39 Å². The third-order valence-electron chi connectivity index (χ3n) is 5.22. The molecule has 1 aromatic heterocycles. The van der Waals surface area contributed by atoms with Gasteiger partial charge in [0.1, 0.15) is 10.1 Å². The second-order valence-electron chi connectivity index (χ2n) is 7.45. The minimum atomic E-state index is -0.325. The van der Waals surface area contributed by atoms with Gasteiger partial charge in [-0.25, -0.2) is 4.39 Å².